The van der Waals surface area contributed by atoms with Crippen LogP contribution in [0.4, 0.5) is 5.13 Å². The molecule has 0 aliphatic carbocycles. The first-order chi connectivity index (χ1) is 14.7. The van der Waals surface area contributed by atoms with Gasteiger partial charge in [0.1, 0.15) is 5.69 Å². The van der Waals surface area contributed by atoms with Crippen molar-refractivity contribution < 1.29 is 4.79 Å². The molecular weight excluding hydrogens is 400 g/mol. The maximum atomic E-state index is 13.3. The lowest BCUT2D eigenvalue weighted by Gasteiger charge is -2.40. The van der Waals surface area contributed by atoms with E-state index in [4.69, 9.17) is 0 Å². The van der Waals surface area contributed by atoms with Crippen LogP contribution in [0.2, 0.25) is 0 Å². The largest absolute Gasteiger partial charge is 0.347 e. The molecule has 3 fully saturated rings. The lowest BCUT2D eigenvalue weighted by Crippen LogP contribution is -2.48. The fourth-order valence-electron chi connectivity index (χ4n) is 5.05. The Balaban J connectivity index is 1.34. The number of carbonyl (C=O) groups is 1. The van der Waals surface area contributed by atoms with Gasteiger partial charge in [0.05, 0.1) is 0 Å². The fraction of sp³-hybridized carbons (Fsp3) is 0.714. The smallest absolute Gasteiger partial charge is 0.274 e. The second-order valence-electron chi connectivity index (χ2n) is 8.73. The molecule has 5 rings (SSSR count). The monoisotopic (exact) mass is 430 g/mol. The van der Waals surface area contributed by atoms with E-state index in [0.717, 1.165) is 57.0 Å². The highest BCUT2D eigenvalue weighted by molar-refractivity contribution is 7.20. The minimum Gasteiger partial charge on any atom is -0.347 e. The molecule has 5 heterocycles. The summed E-state index contributed by atoms with van der Waals surface area (Å²) in [7, 11) is 0. The van der Waals surface area contributed by atoms with E-state index >= 15 is 0 Å². The zero-order chi connectivity index (χ0) is 20.5. The van der Waals surface area contributed by atoms with Crippen LogP contribution < -0.4 is 10.5 Å². The maximum absolute atomic E-state index is 13.3. The molecule has 0 aromatic carbocycles. The molecule has 3 aliphatic heterocycles. The number of nitrogens with zero attached hydrogens (tertiary/aromatic N) is 6. The number of piperidine rings is 3. The van der Waals surface area contributed by atoms with E-state index in [1.54, 1.807) is 4.52 Å². The van der Waals surface area contributed by atoms with Crippen LogP contribution in [0.5, 0.6) is 0 Å². The van der Waals surface area contributed by atoms with Crippen LogP contribution >= 0.6 is 11.3 Å². The van der Waals surface area contributed by atoms with E-state index < -0.39 is 0 Å². The van der Waals surface area contributed by atoms with Gasteiger partial charge < -0.3 is 14.7 Å². The van der Waals surface area contributed by atoms with Crippen LogP contribution in [-0.2, 0) is 0 Å². The van der Waals surface area contributed by atoms with E-state index in [-0.39, 0.29) is 11.5 Å². The molecule has 9 heteroatoms. The molecule has 0 unspecified atom stereocenters. The minimum atomic E-state index is -0.365. The molecule has 3 aliphatic rings. The molecule has 0 spiro atoms. The zero-order valence-corrected chi connectivity index (χ0v) is 18.3. The SMILES string of the molecule is O=C(c1cc(=O)nc2sc(N3CCCCC3)nn12)N1CCC(N2CCCCC2)CC1. The van der Waals surface area contributed by atoms with Gasteiger partial charge in [-0.25, -0.2) is 0 Å². The molecule has 1 amide bonds. The third-order valence-electron chi connectivity index (χ3n) is 6.75. The van der Waals surface area contributed by atoms with Gasteiger partial charge >= 0.3 is 0 Å². The van der Waals surface area contributed by atoms with Gasteiger partial charge in [-0.1, -0.05) is 17.8 Å². The molecule has 0 radical (unpaired) electrons. The van der Waals surface area contributed by atoms with Gasteiger partial charge in [-0.15, -0.1) is 5.10 Å². The molecule has 0 N–H and O–H groups in total. The van der Waals surface area contributed by atoms with Gasteiger partial charge in [-0.3, -0.25) is 9.59 Å². The normalized spacial score (nSPS) is 22.0. The summed E-state index contributed by atoms with van der Waals surface area (Å²) in [5, 5.41) is 5.54. The number of likely N-dealkylation sites (tertiary alicyclic amines) is 2. The number of fused-ring (bicyclic) bond motifs is 1. The number of hydrogen-bond acceptors (Lipinski definition) is 7. The Kier molecular flexibility index (Phi) is 5.73. The summed E-state index contributed by atoms with van der Waals surface area (Å²) in [5.74, 6) is -0.0999. The summed E-state index contributed by atoms with van der Waals surface area (Å²) in [6, 6.07) is 1.94. The molecule has 3 saturated heterocycles. The fourth-order valence-corrected chi connectivity index (χ4v) is 6.01. The zero-order valence-electron chi connectivity index (χ0n) is 17.5. The Labute approximate surface area is 180 Å². The number of aromatic nitrogens is 3. The number of anilines is 1. The van der Waals surface area contributed by atoms with Crippen molar-refractivity contribution in [1.82, 2.24) is 24.4 Å². The van der Waals surface area contributed by atoms with Crippen molar-refractivity contribution in [2.24, 2.45) is 0 Å². The van der Waals surface area contributed by atoms with Gasteiger partial charge in [-0.2, -0.15) is 9.50 Å². The summed E-state index contributed by atoms with van der Waals surface area (Å²) < 4.78 is 1.59. The molecule has 2 aromatic rings. The Morgan fingerprint density at radius 1 is 0.933 bits per heavy atom. The average Bonchev–Trinajstić information content (AvgIpc) is 3.23. The summed E-state index contributed by atoms with van der Waals surface area (Å²) in [6.45, 7) is 5.80. The van der Waals surface area contributed by atoms with Gasteiger partial charge in [0, 0.05) is 38.3 Å². The Bertz CT molecular complexity index is 952. The second kappa shape index (κ2) is 8.63. The van der Waals surface area contributed by atoms with Crippen molar-refractivity contribution in [2.75, 3.05) is 44.2 Å². The Morgan fingerprint density at radius 3 is 2.30 bits per heavy atom. The van der Waals surface area contributed by atoms with E-state index in [1.165, 1.54) is 56.2 Å². The minimum absolute atomic E-state index is 0.0999. The van der Waals surface area contributed by atoms with Crippen molar-refractivity contribution in [3.63, 3.8) is 0 Å². The molecule has 0 bridgehead atoms. The summed E-state index contributed by atoms with van der Waals surface area (Å²) in [4.78, 5) is 36.9. The number of carbonyl (C=O) groups excluding carboxylic acids is 1. The van der Waals surface area contributed by atoms with Gasteiger partial charge in [-0.05, 0) is 58.0 Å². The molecular formula is C21H30N6O2S. The van der Waals surface area contributed by atoms with Crippen LogP contribution in [-0.4, -0.2) is 75.6 Å². The summed E-state index contributed by atoms with van der Waals surface area (Å²) in [5.41, 5.74) is -0.0173. The van der Waals surface area contributed by atoms with E-state index in [1.807, 2.05) is 4.90 Å². The van der Waals surface area contributed by atoms with Crippen LogP contribution in [0.3, 0.4) is 0 Å². The molecule has 0 atom stereocenters. The van der Waals surface area contributed by atoms with E-state index in [2.05, 4.69) is 19.9 Å². The highest BCUT2D eigenvalue weighted by atomic mass is 32.1. The van der Waals surface area contributed by atoms with Crippen molar-refractivity contribution in [2.45, 2.75) is 57.4 Å². The number of amides is 1. The predicted molar refractivity (Wildman–Crippen MR) is 118 cm³/mol. The van der Waals surface area contributed by atoms with Crippen LogP contribution in [0.15, 0.2) is 10.9 Å². The van der Waals surface area contributed by atoms with Crippen molar-refractivity contribution in [1.29, 1.82) is 0 Å². The highest BCUT2D eigenvalue weighted by Crippen LogP contribution is 2.26. The lowest BCUT2D eigenvalue weighted by atomic mass is 9.99. The van der Waals surface area contributed by atoms with Crippen LogP contribution in [0, 0.1) is 0 Å². The molecule has 8 nitrogen and oxygen atoms in total. The first-order valence-corrected chi connectivity index (χ1v) is 12.2. The van der Waals surface area contributed by atoms with E-state index in [0.29, 0.717) is 16.7 Å². The van der Waals surface area contributed by atoms with Crippen molar-refractivity contribution in [3.8, 4) is 0 Å². The van der Waals surface area contributed by atoms with Gasteiger partial charge in [0.2, 0.25) is 10.1 Å². The highest BCUT2D eigenvalue weighted by Gasteiger charge is 2.30. The quantitative estimate of drug-likeness (QED) is 0.744. The third-order valence-corrected chi connectivity index (χ3v) is 7.72. The van der Waals surface area contributed by atoms with Gasteiger partial charge in [0.25, 0.3) is 11.5 Å². The van der Waals surface area contributed by atoms with Crippen LogP contribution in [0.25, 0.3) is 4.96 Å². The predicted octanol–water partition coefficient (Wildman–Crippen LogP) is 2.23. The topological polar surface area (TPSA) is 74.0 Å². The molecule has 2 aromatic heterocycles. The molecule has 30 heavy (non-hydrogen) atoms. The van der Waals surface area contributed by atoms with E-state index in [9.17, 15) is 9.59 Å². The van der Waals surface area contributed by atoms with Crippen molar-refractivity contribution in [3.05, 3.63) is 22.1 Å². The summed E-state index contributed by atoms with van der Waals surface area (Å²) in [6.07, 6.45) is 9.48. The van der Waals surface area contributed by atoms with Crippen LogP contribution in [0.1, 0.15) is 61.9 Å². The Morgan fingerprint density at radius 2 is 1.60 bits per heavy atom. The third kappa shape index (κ3) is 3.97. The number of rotatable bonds is 3. The van der Waals surface area contributed by atoms with Crippen molar-refractivity contribution >= 4 is 27.3 Å². The molecule has 162 valence electrons. The second-order valence-corrected chi connectivity index (χ2v) is 9.66. The summed E-state index contributed by atoms with van der Waals surface area (Å²) >= 11 is 1.40. The van der Waals surface area contributed by atoms with Gasteiger partial charge in [0.15, 0.2) is 0 Å². The average molecular weight is 431 g/mol. The lowest BCUT2D eigenvalue weighted by molar-refractivity contribution is 0.0582. The first-order valence-electron chi connectivity index (χ1n) is 11.4. The molecule has 0 saturated carbocycles. The first kappa shape index (κ1) is 19.9. The maximum Gasteiger partial charge on any atom is 0.274 e. The standard InChI is InChI=1S/C21H30N6O2S/c28-18-15-17(27-20(22-18)30-21(23-27)26-11-5-2-6-12-26)19(29)25-13-7-16(8-14-25)24-9-3-1-4-10-24/h15-16H,1-14H2. The number of hydrogen-bond donors (Lipinski definition) is 0. The Hall–Kier alpha value is -2.00.